The van der Waals surface area contributed by atoms with Gasteiger partial charge in [-0.25, -0.2) is 4.79 Å². The maximum atomic E-state index is 12.1. The van der Waals surface area contributed by atoms with Crippen molar-refractivity contribution in [3.05, 3.63) is 29.3 Å². The van der Waals surface area contributed by atoms with Crippen molar-refractivity contribution in [2.45, 2.75) is 33.7 Å². The highest BCUT2D eigenvalue weighted by atomic mass is 16.2. The molecular formula is C17H26N4O3. The Balaban J connectivity index is 2.47. The molecule has 1 aromatic carbocycles. The number of amides is 4. The molecule has 0 fully saturated rings. The van der Waals surface area contributed by atoms with Crippen molar-refractivity contribution in [2.75, 3.05) is 25.5 Å². The Hall–Kier alpha value is -2.41. The van der Waals surface area contributed by atoms with Crippen LogP contribution >= 0.6 is 0 Å². The molecule has 0 saturated heterocycles. The molecule has 0 heterocycles. The Morgan fingerprint density at radius 1 is 1.04 bits per heavy atom. The lowest BCUT2D eigenvalue weighted by atomic mass is 10.1. The van der Waals surface area contributed by atoms with E-state index in [9.17, 15) is 14.4 Å². The molecule has 0 bridgehead atoms. The quantitative estimate of drug-likeness (QED) is 0.733. The molecule has 0 unspecified atom stereocenters. The second-order valence-corrected chi connectivity index (χ2v) is 6.16. The second-order valence-electron chi connectivity index (χ2n) is 6.16. The Bertz CT molecular complexity index is 594. The molecule has 0 atom stereocenters. The lowest BCUT2D eigenvalue weighted by Gasteiger charge is -2.17. The fourth-order valence-corrected chi connectivity index (χ4v) is 2.20. The highest BCUT2D eigenvalue weighted by Gasteiger charge is 2.14. The largest absolute Gasteiger partial charge is 0.336 e. The Labute approximate surface area is 142 Å². The second kappa shape index (κ2) is 9.02. The lowest BCUT2D eigenvalue weighted by molar-refractivity contribution is -0.122. The van der Waals surface area contributed by atoms with Crippen LogP contribution in [0.15, 0.2) is 18.2 Å². The Morgan fingerprint density at radius 2 is 1.58 bits per heavy atom. The monoisotopic (exact) mass is 334 g/mol. The van der Waals surface area contributed by atoms with Gasteiger partial charge in [-0.3, -0.25) is 19.8 Å². The van der Waals surface area contributed by atoms with Crippen LogP contribution in [0.4, 0.5) is 10.5 Å². The number of likely N-dealkylation sites (N-methyl/N-ethyl adjacent to an activating group) is 1. The van der Waals surface area contributed by atoms with E-state index in [4.69, 9.17) is 0 Å². The summed E-state index contributed by atoms with van der Waals surface area (Å²) in [6.45, 7) is 7.45. The first kappa shape index (κ1) is 19.6. The third kappa shape index (κ3) is 6.78. The minimum absolute atomic E-state index is 0.0486. The number of carbonyl (C=O) groups excluding carboxylic acids is 3. The minimum Gasteiger partial charge on any atom is -0.336 e. The summed E-state index contributed by atoms with van der Waals surface area (Å²) in [5, 5.41) is 7.64. The van der Waals surface area contributed by atoms with Crippen molar-refractivity contribution in [1.29, 1.82) is 0 Å². The summed E-state index contributed by atoms with van der Waals surface area (Å²) in [6, 6.07) is 5.18. The molecule has 3 N–H and O–H groups in total. The number of carbonyl (C=O) groups is 3. The van der Waals surface area contributed by atoms with Crippen LogP contribution < -0.4 is 16.0 Å². The normalized spacial score (nSPS) is 10.6. The molecule has 0 aliphatic rings. The zero-order chi connectivity index (χ0) is 18.3. The smallest absolute Gasteiger partial charge is 0.321 e. The van der Waals surface area contributed by atoms with E-state index in [1.54, 1.807) is 25.8 Å². The van der Waals surface area contributed by atoms with Crippen LogP contribution in [0.1, 0.15) is 25.0 Å². The number of rotatable bonds is 6. The van der Waals surface area contributed by atoms with E-state index in [2.05, 4.69) is 16.0 Å². The number of nitrogens with one attached hydrogen (secondary N) is 3. The molecule has 0 aromatic heterocycles. The molecule has 7 heteroatoms. The van der Waals surface area contributed by atoms with Crippen LogP contribution in [0, 0.1) is 13.8 Å². The van der Waals surface area contributed by atoms with Gasteiger partial charge >= 0.3 is 6.03 Å². The van der Waals surface area contributed by atoms with Gasteiger partial charge in [0, 0.05) is 11.7 Å². The first-order chi connectivity index (χ1) is 11.2. The molecular weight excluding hydrogens is 308 g/mol. The van der Waals surface area contributed by atoms with E-state index in [0.717, 1.165) is 16.8 Å². The van der Waals surface area contributed by atoms with Crippen molar-refractivity contribution >= 4 is 23.5 Å². The van der Waals surface area contributed by atoms with E-state index >= 15 is 0 Å². The van der Waals surface area contributed by atoms with Gasteiger partial charge in [-0.1, -0.05) is 18.2 Å². The van der Waals surface area contributed by atoms with Gasteiger partial charge in [-0.05, 0) is 45.9 Å². The average molecular weight is 334 g/mol. The molecule has 1 aromatic rings. The number of para-hydroxylation sites is 1. The van der Waals surface area contributed by atoms with E-state index in [-0.39, 0.29) is 25.0 Å². The van der Waals surface area contributed by atoms with Gasteiger partial charge in [0.1, 0.15) is 0 Å². The highest BCUT2D eigenvalue weighted by molar-refractivity contribution is 5.96. The predicted octanol–water partition coefficient (Wildman–Crippen LogP) is 1.41. The number of benzene rings is 1. The summed E-state index contributed by atoms with van der Waals surface area (Å²) in [7, 11) is 1.64. The molecule has 0 aliphatic carbocycles. The number of imide groups is 1. The molecule has 0 saturated carbocycles. The SMILES string of the molecule is Cc1cccc(C)c1NC(=O)CN(C)CC(=O)NC(=O)NC(C)C. The van der Waals surface area contributed by atoms with Gasteiger partial charge < -0.3 is 10.6 Å². The number of hydrogen-bond acceptors (Lipinski definition) is 4. The van der Waals surface area contributed by atoms with Crippen LogP contribution in [0.5, 0.6) is 0 Å². The van der Waals surface area contributed by atoms with Crippen molar-refractivity contribution in [3.63, 3.8) is 0 Å². The van der Waals surface area contributed by atoms with Crippen LogP contribution in [-0.4, -0.2) is 48.9 Å². The molecule has 132 valence electrons. The maximum absolute atomic E-state index is 12.1. The molecule has 4 amide bonds. The minimum atomic E-state index is -0.539. The van der Waals surface area contributed by atoms with Crippen LogP contribution in [0.25, 0.3) is 0 Å². The van der Waals surface area contributed by atoms with Gasteiger partial charge in [-0.2, -0.15) is 0 Å². The summed E-state index contributed by atoms with van der Waals surface area (Å²) in [5.74, 6) is -0.676. The first-order valence-electron chi connectivity index (χ1n) is 7.84. The Morgan fingerprint density at radius 3 is 2.12 bits per heavy atom. The summed E-state index contributed by atoms with van der Waals surface area (Å²) in [5.41, 5.74) is 2.75. The molecule has 1 rings (SSSR count). The predicted molar refractivity (Wildman–Crippen MR) is 93.9 cm³/mol. The van der Waals surface area contributed by atoms with Gasteiger partial charge in [0.15, 0.2) is 0 Å². The standard InChI is InChI=1S/C17H26N4O3/c1-11(2)18-17(24)20-15(23)10-21(5)9-14(22)19-16-12(3)7-6-8-13(16)4/h6-8,11H,9-10H2,1-5H3,(H,19,22)(H2,18,20,23,24). The third-order valence-corrected chi connectivity index (χ3v) is 3.25. The van der Waals surface area contributed by atoms with Gasteiger partial charge in [0.2, 0.25) is 11.8 Å². The van der Waals surface area contributed by atoms with Gasteiger partial charge in [0.25, 0.3) is 0 Å². The molecule has 7 nitrogen and oxygen atoms in total. The van der Waals surface area contributed by atoms with Crippen LogP contribution in [0.3, 0.4) is 0 Å². The van der Waals surface area contributed by atoms with Gasteiger partial charge in [-0.15, -0.1) is 0 Å². The van der Waals surface area contributed by atoms with Crippen molar-refractivity contribution in [2.24, 2.45) is 0 Å². The molecule has 0 spiro atoms. The lowest BCUT2D eigenvalue weighted by Crippen LogP contribution is -2.46. The highest BCUT2D eigenvalue weighted by Crippen LogP contribution is 2.19. The number of urea groups is 1. The zero-order valence-electron chi connectivity index (χ0n) is 14.9. The van der Waals surface area contributed by atoms with Crippen LogP contribution in [-0.2, 0) is 9.59 Å². The molecule has 24 heavy (non-hydrogen) atoms. The van der Waals surface area contributed by atoms with Crippen molar-refractivity contribution in [3.8, 4) is 0 Å². The van der Waals surface area contributed by atoms with E-state index in [0.29, 0.717) is 0 Å². The first-order valence-corrected chi connectivity index (χ1v) is 7.84. The summed E-state index contributed by atoms with van der Waals surface area (Å²) < 4.78 is 0. The fourth-order valence-electron chi connectivity index (χ4n) is 2.20. The maximum Gasteiger partial charge on any atom is 0.321 e. The summed E-state index contributed by atoms with van der Waals surface area (Å²) in [6.07, 6.45) is 0. The number of nitrogens with zero attached hydrogens (tertiary/aromatic N) is 1. The zero-order valence-corrected chi connectivity index (χ0v) is 14.9. The van der Waals surface area contributed by atoms with E-state index < -0.39 is 11.9 Å². The van der Waals surface area contributed by atoms with Crippen molar-refractivity contribution < 1.29 is 14.4 Å². The molecule has 0 radical (unpaired) electrons. The van der Waals surface area contributed by atoms with Crippen LogP contribution in [0.2, 0.25) is 0 Å². The topological polar surface area (TPSA) is 90.5 Å². The number of aryl methyl sites for hydroxylation is 2. The van der Waals surface area contributed by atoms with Gasteiger partial charge in [0.05, 0.1) is 13.1 Å². The Kier molecular flexibility index (Phi) is 7.38. The average Bonchev–Trinajstić information content (AvgIpc) is 2.41. The number of hydrogen-bond donors (Lipinski definition) is 3. The van der Waals surface area contributed by atoms with Crippen molar-refractivity contribution in [1.82, 2.24) is 15.5 Å². The number of anilines is 1. The molecule has 0 aliphatic heterocycles. The fraction of sp³-hybridized carbons (Fsp3) is 0.471. The summed E-state index contributed by atoms with van der Waals surface area (Å²) >= 11 is 0. The van der Waals surface area contributed by atoms with E-state index in [1.807, 2.05) is 32.0 Å². The summed E-state index contributed by atoms with van der Waals surface area (Å²) in [4.78, 5) is 36.8. The third-order valence-electron chi connectivity index (χ3n) is 3.25. The van der Waals surface area contributed by atoms with E-state index in [1.165, 1.54) is 0 Å².